The summed E-state index contributed by atoms with van der Waals surface area (Å²) >= 11 is 0. The number of hydrogen-bond donors (Lipinski definition) is 2. The van der Waals surface area contributed by atoms with Gasteiger partial charge in [-0.1, -0.05) is 0 Å². The summed E-state index contributed by atoms with van der Waals surface area (Å²) in [4.78, 5) is 44.0. The lowest BCUT2D eigenvalue weighted by Crippen LogP contribution is -2.60. The molecule has 0 saturated carbocycles. The van der Waals surface area contributed by atoms with E-state index in [0.717, 1.165) is 6.20 Å². The van der Waals surface area contributed by atoms with Crippen molar-refractivity contribution in [2.75, 3.05) is 31.1 Å². The van der Waals surface area contributed by atoms with Crippen molar-refractivity contribution in [2.45, 2.75) is 18.5 Å². The number of aromatic amines is 1. The van der Waals surface area contributed by atoms with Gasteiger partial charge in [-0.3, -0.25) is 19.3 Å². The molecule has 11 heteroatoms. The summed E-state index contributed by atoms with van der Waals surface area (Å²) < 4.78 is 24.2. The molecule has 136 valence electrons. The smallest absolute Gasteiger partial charge is 0.304 e. The molecule has 2 N–H and O–H groups in total. The number of H-pyrrole nitrogens is 1. The SMILES string of the molecule is O=C(O)CCN1CCN(C(=O)c2c[nH]c(=O)cn2)[C@H]2CS(=O)(=O)C[C@H]21. The molecule has 0 spiro atoms. The molecule has 2 atom stereocenters. The number of amides is 1. The first-order valence-corrected chi connectivity index (χ1v) is 9.61. The zero-order valence-electron chi connectivity index (χ0n) is 13.3. The van der Waals surface area contributed by atoms with Gasteiger partial charge in [0.05, 0.1) is 30.2 Å². The topological polar surface area (TPSA) is 141 Å². The highest BCUT2D eigenvalue weighted by Gasteiger charge is 2.48. The van der Waals surface area contributed by atoms with Crippen LogP contribution in [0.2, 0.25) is 0 Å². The molecule has 1 amide bonds. The monoisotopic (exact) mass is 370 g/mol. The van der Waals surface area contributed by atoms with E-state index < -0.39 is 39.4 Å². The Morgan fingerprint density at radius 2 is 2.00 bits per heavy atom. The molecule has 10 nitrogen and oxygen atoms in total. The lowest BCUT2D eigenvalue weighted by molar-refractivity contribution is -0.137. The van der Waals surface area contributed by atoms with Crippen molar-refractivity contribution in [3.63, 3.8) is 0 Å². The maximum absolute atomic E-state index is 12.7. The van der Waals surface area contributed by atoms with Gasteiger partial charge in [0.25, 0.3) is 11.5 Å². The second kappa shape index (κ2) is 6.56. The number of carbonyl (C=O) groups is 2. The van der Waals surface area contributed by atoms with E-state index in [4.69, 9.17) is 5.11 Å². The van der Waals surface area contributed by atoms with Crippen LogP contribution in [0.5, 0.6) is 0 Å². The predicted octanol–water partition coefficient (Wildman–Crippen LogP) is -1.83. The second-order valence-corrected chi connectivity index (χ2v) is 8.34. The molecule has 2 saturated heterocycles. The lowest BCUT2D eigenvalue weighted by Gasteiger charge is -2.43. The zero-order chi connectivity index (χ0) is 18.2. The molecular formula is C14H18N4O6S. The molecule has 2 aliphatic heterocycles. The highest BCUT2D eigenvalue weighted by Crippen LogP contribution is 2.28. The number of rotatable bonds is 4. The van der Waals surface area contributed by atoms with Crippen LogP contribution in [0.3, 0.4) is 0 Å². The van der Waals surface area contributed by atoms with Crippen molar-refractivity contribution in [1.82, 2.24) is 19.8 Å². The number of aromatic nitrogens is 2. The second-order valence-electron chi connectivity index (χ2n) is 6.19. The zero-order valence-corrected chi connectivity index (χ0v) is 14.1. The average molecular weight is 370 g/mol. The van der Waals surface area contributed by atoms with Crippen LogP contribution < -0.4 is 5.56 Å². The molecule has 3 heterocycles. The Morgan fingerprint density at radius 3 is 2.64 bits per heavy atom. The fraction of sp³-hybridized carbons (Fsp3) is 0.571. The molecule has 3 rings (SSSR count). The Kier molecular flexibility index (Phi) is 4.60. The number of carboxylic acid groups (broad SMARTS) is 1. The Bertz CT molecular complexity index is 831. The lowest BCUT2D eigenvalue weighted by atomic mass is 10.0. The molecule has 25 heavy (non-hydrogen) atoms. The summed E-state index contributed by atoms with van der Waals surface area (Å²) in [7, 11) is -3.32. The van der Waals surface area contributed by atoms with E-state index in [1.165, 1.54) is 11.1 Å². The van der Waals surface area contributed by atoms with Crippen molar-refractivity contribution in [3.8, 4) is 0 Å². The summed E-state index contributed by atoms with van der Waals surface area (Å²) in [5.74, 6) is -1.65. The van der Waals surface area contributed by atoms with Gasteiger partial charge in [-0.05, 0) is 0 Å². The average Bonchev–Trinajstić information content (AvgIpc) is 2.87. The molecule has 0 aromatic carbocycles. The van der Waals surface area contributed by atoms with Gasteiger partial charge in [-0.15, -0.1) is 0 Å². The molecular weight excluding hydrogens is 352 g/mol. The number of carboxylic acids is 1. The van der Waals surface area contributed by atoms with Crippen LogP contribution in [0.15, 0.2) is 17.2 Å². The Balaban J connectivity index is 1.83. The minimum atomic E-state index is -3.32. The first-order chi connectivity index (χ1) is 11.8. The molecule has 1 aromatic rings. The Hall–Kier alpha value is -2.27. The molecule has 0 unspecified atom stereocenters. The summed E-state index contributed by atoms with van der Waals surface area (Å²) in [5, 5.41) is 8.85. The third-order valence-corrected chi connectivity index (χ3v) is 6.25. The number of nitrogens with zero attached hydrogens (tertiary/aromatic N) is 3. The van der Waals surface area contributed by atoms with Crippen molar-refractivity contribution in [3.05, 3.63) is 28.4 Å². The quantitative estimate of drug-likeness (QED) is 0.630. The number of sulfone groups is 1. The van der Waals surface area contributed by atoms with Gasteiger partial charge in [-0.25, -0.2) is 13.4 Å². The van der Waals surface area contributed by atoms with E-state index in [1.54, 1.807) is 0 Å². The van der Waals surface area contributed by atoms with Crippen molar-refractivity contribution < 1.29 is 23.1 Å². The fourth-order valence-corrected chi connectivity index (χ4v) is 5.41. The fourth-order valence-electron chi connectivity index (χ4n) is 3.40. The Labute approximate surface area is 143 Å². The first kappa shape index (κ1) is 17.5. The van der Waals surface area contributed by atoms with Gasteiger partial charge < -0.3 is 15.0 Å². The van der Waals surface area contributed by atoms with Gasteiger partial charge in [0.2, 0.25) is 0 Å². The summed E-state index contributed by atoms with van der Waals surface area (Å²) in [5.41, 5.74) is -0.391. The molecule has 0 bridgehead atoms. The molecule has 0 radical (unpaired) electrons. The van der Waals surface area contributed by atoms with Crippen LogP contribution >= 0.6 is 0 Å². The van der Waals surface area contributed by atoms with E-state index in [-0.39, 0.29) is 36.7 Å². The van der Waals surface area contributed by atoms with Crippen molar-refractivity contribution in [1.29, 1.82) is 0 Å². The van der Waals surface area contributed by atoms with E-state index in [1.807, 2.05) is 4.90 Å². The number of piperazine rings is 1. The van der Waals surface area contributed by atoms with Gasteiger partial charge in [0.15, 0.2) is 9.84 Å². The number of fused-ring (bicyclic) bond motifs is 1. The highest BCUT2D eigenvalue weighted by atomic mass is 32.2. The third kappa shape index (κ3) is 3.71. The molecule has 2 fully saturated rings. The van der Waals surface area contributed by atoms with E-state index >= 15 is 0 Å². The maximum atomic E-state index is 12.7. The molecule has 2 aliphatic rings. The standard InChI is InChI=1S/C14H18N4O6S/c19-12-6-15-9(5-16-12)14(22)18-4-3-17(2-1-13(20)21)10-7-25(23,24)8-11(10)18/h5-6,10-11H,1-4,7-8H2,(H,16,19)(H,20,21)/t10-,11+/m1/s1. The normalized spacial score (nSPS) is 25.5. The predicted molar refractivity (Wildman–Crippen MR) is 85.9 cm³/mol. The first-order valence-electron chi connectivity index (χ1n) is 7.79. The molecule has 0 aliphatic carbocycles. The van der Waals surface area contributed by atoms with E-state index in [2.05, 4.69) is 9.97 Å². The van der Waals surface area contributed by atoms with Crippen molar-refractivity contribution >= 4 is 21.7 Å². The number of aliphatic carboxylic acids is 1. The van der Waals surface area contributed by atoms with Crippen LogP contribution in [-0.2, 0) is 14.6 Å². The summed E-state index contributed by atoms with van der Waals surface area (Å²) in [6, 6.07) is -0.974. The van der Waals surface area contributed by atoms with Crippen LogP contribution in [0, 0.1) is 0 Å². The number of nitrogens with one attached hydrogen (secondary N) is 1. The minimum Gasteiger partial charge on any atom is -0.481 e. The van der Waals surface area contributed by atoms with Gasteiger partial charge in [0.1, 0.15) is 5.69 Å². The summed E-state index contributed by atoms with van der Waals surface area (Å²) in [6.07, 6.45) is 2.12. The van der Waals surface area contributed by atoms with E-state index in [9.17, 15) is 22.8 Å². The minimum absolute atomic E-state index is 0.0432. The molecule has 1 aromatic heterocycles. The van der Waals surface area contributed by atoms with Crippen LogP contribution in [-0.4, -0.2) is 88.4 Å². The van der Waals surface area contributed by atoms with Gasteiger partial charge >= 0.3 is 5.97 Å². The van der Waals surface area contributed by atoms with Crippen molar-refractivity contribution in [2.24, 2.45) is 0 Å². The number of hydrogen-bond acceptors (Lipinski definition) is 7. The van der Waals surface area contributed by atoms with Gasteiger partial charge in [-0.2, -0.15) is 0 Å². The van der Waals surface area contributed by atoms with E-state index in [0.29, 0.717) is 6.54 Å². The Morgan fingerprint density at radius 1 is 1.28 bits per heavy atom. The van der Waals surface area contributed by atoms with Gasteiger partial charge in [0, 0.05) is 31.9 Å². The maximum Gasteiger partial charge on any atom is 0.304 e. The third-order valence-electron chi connectivity index (χ3n) is 4.56. The summed E-state index contributed by atoms with van der Waals surface area (Å²) in [6.45, 7) is 0.903. The van der Waals surface area contributed by atoms with Crippen LogP contribution in [0.1, 0.15) is 16.9 Å². The largest absolute Gasteiger partial charge is 0.481 e. The van der Waals surface area contributed by atoms with Crippen LogP contribution in [0.25, 0.3) is 0 Å². The number of carbonyl (C=O) groups excluding carboxylic acids is 1. The highest BCUT2D eigenvalue weighted by molar-refractivity contribution is 7.91. The van der Waals surface area contributed by atoms with Crippen LogP contribution in [0.4, 0.5) is 0 Å².